The van der Waals surface area contributed by atoms with Crippen LogP contribution in [0.4, 0.5) is 0 Å². The van der Waals surface area contributed by atoms with Gasteiger partial charge in [0, 0.05) is 6.42 Å². The van der Waals surface area contributed by atoms with Crippen LogP contribution in [0.15, 0.2) is 0 Å². The minimum atomic E-state index is -1.72. The fraction of sp³-hybridized carbons (Fsp3) is 0.708. The predicted molar refractivity (Wildman–Crippen MR) is 142 cm³/mol. The molecule has 0 unspecified atom stereocenters. The van der Waals surface area contributed by atoms with Gasteiger partial charge in [0.1, 0.15) is 30.2 Å². The van der Waals surface area contributed by atoms with Crippen molar-refractivity contribution in [1.82, 2.24) is 26.6 Å². The third kappa shape index (κ3) is 12.9. The van der Waals surface area contributed by atoms with Gasteiger partial charge in [-0.05, 0) is 25.2 Å². The summed E-state index contributed by atoms with van der Waals surface area (Å²) < 4.78 is 0. The van der Waals surface area contributed by atoms with E-state index >= 15 is 0 Å². The summed E-state index contributed by atoms with van der Waals surface area (Å²) in [6.45, 7) is 6.32. The van der Waals surface area contributed by atoms with E-state index in [0.717, 1.165) is 6.92 Å². The summed E-state index contributed by atoms with van der Waals surface area (Å²) in [5, 5.41) is 49.1. The lowest BCUT2D eigenvalue weighted by Crippen LogP contribution is -2.62. The Hall–Kier alpha value is -3.83. The van der Waals surface area contributed by atoms with Crippen LogP contribution in [0.25, 0.3) is 0 Å². The highest BCUT2D eigenvalue weighted by atomic mass is 16.4. The zero-order chi connectivity index (χ0) is 32.0. The molecule has 234 valence electrons. The van der Waals surface area contributed by atoms with Crippen molar-refractivity contribution in [3.05, 3.63) is 0 Å². The molecule has 0 aliphatic rings. The normalized spacial score (nSPS) is 15.5. The number of hydrogen-bond donors (Lipinski definition) is 10. The van der Waals surface area contributed by atoms with E-state index in [0.29, 0.717) is 0 Å². The topological polar surface area (TPSA) is 287 Å². The van der Waals surface area contributed by atoms with Crippen LogP contribution in [0.2, 0.25) is 0 Å². The van der Waals surface area contributed by atoms with Crippen LogP contribution in [0.1, 0.15) is 47.5 Å². The highest BCUT2D eigenvalue weighted by Crippen LogP contribution is 2.08. The van der Waals surface area contributed by atoms with Gasteiger partial charge in [0.15, 0.2) is 0 Å². The fourth-order valence-electron chi connectivity index (χ4n) is 3.45. The molecule has 0 aromatic heterocycles. The van der Waals surface area contributed by atoms with Crippen LogP contribution >= 0.6 is 0 Å². The Morgan fingerprint density at radius 1 is 0.659 bits per heavy atom. The van der Waals surface area contributed by atoms with E-state index in [2.05, 4.69) is 21.3 Å². The van der Waals surface area contributed by atoms with Gasteiger partial charge in [0.05, 0.1) is 19.3 Å². The molecule has 0 spiro atoms. The average molecular weight is 591 g/mol. The van der Waals surface area contributed by atoms with E-state index in [4.69, 9.17) is 10.8 Å². The van der Waals surface area contributed by atoms with E-state index in [1.807, 2.05) is 5.32 Å². The summed E-state index contributed by atoms with van der Waals surface area (Å²) in [4.78, 5) is 85.1. The zero-order valence-electron chi connectivity index (χ0n) is 23.7. The molecule has 6 atom stereocenters. The van der Waals surface area contributed by atoms with Crippen LogP contribution in [0.3, 0.4) is 0 Å². The number of aliphatic carboxylic acids is 2. The van der Waals surface area contributed by atoms with E-state index in [1.165, 1.54) is 0 Å². The molecule has 5 amide bonds. The van der Waals surface area contributed by atoms with Gasteiger partial charge in [-0.3, -0.25) is 28.8 Å². The maximum Gasteiger partial charge on any atom is 0.326 e. The Bertz CT molecular complexity index is 956. The molecular weight excluding hydrogens is 548 g/mol. The molecule has 17 heteroatoms. The van der Waals surface area contributed by atoms with Gasteiger partial charge in [-0.2, -0.15) is 0 Å². The molecule has 0 saturated carbocycles. The quantitative estimate of drug-likeness (QED) is 0.0731. The molecule has 17 nitrogen and oxygen atoms in total. The van der Waals surface area contributed by atoms with E-state index in [9.17, 15) is 48.9 Å². The Balaban J connectivity index is 5.64. The highest BCUT2D eigenvalue weighted by molar-refractivity contribution is 5.96. The molecule has 0 aliphatic carbocycles. The SMILES string of the molecule is CC(C)[C@H](NC(=O)CN)C(=O)N[C@H](C(=O)N[C@H](C(=O)N[C@@H](CO)C(=O)N[C@@H](CCC(=O)O)C(=O)O)[C@@H](C)O)C(C)C. The fourth-order valence-corrected chi connectivity index (χ4v) is 3.45. The van der Waals surface area contributed by atoms with Crippen LogP contribution in [0.5, 0.6) is 0 Å². The second kappa shape index (κ2) is 17.8. The van der Waals surface area contributed by atoms with Crippen molar-refractivity contribution in [2.24, 2.45) is 17.6 Å². The number of nitrogens with two attached hydrogens (primary N) is 1. The van der Waals surface area contributed by atoms with Gasteiger partial charge in [-0.15, -0.1) is 0 Å². The summed E-state index contributed by atoms with van der Waals surface area (Å²) >= 11 is 0. The van der Waals surface area contributed by atoms with Crippen LogP contribution < -0.4 is 32.3 Å². The first-order valence-electron chi connectivity index (χ1n) is 12.9. The number of amides is 5. The summed E-state index contributed by atoms with van der Waals surface area (Å²) in [5.41, 5.74) is 5.30. The van der Waals surface area contributed by atoms with E-state index < -0.39 is 103 Å². The van der Waals surface area contributed by atoms with Gasteiger partial charge >= 0.3 is 11.9 Å². The number of hydrogen-bond acceptors (Lipinski definition) is 10. The number of aliphatic hydroxyl groups is 2. The first kappa shape index (κ1) is 37.2. The van der Waals surface area contributed by atoms with Gasteiger partial charge in [0.25, 0.3) is 0 Å². The predicted octanol–water partition coefficient (Wildman–Crippen LogP) is -4.00. The smallest absolute Gasteiger partial charge is 0.326 e. The molecule has 11 N–H and O–H groups in total. The van der Waals surface area contributed by atoms with Gasteiger partial charge < -0.3 is 52.7 Å². The lowest BCUT2D eigenvalue weighted by atomic mass is 9.99. The molecule has 0 saturated heterocycles. The summed E-state index contributed by atoms with van der Waals surface area (Å²) in [6, 6.07) is -7.27. The minimum Gasteiger partial charge on any atom is -0.481 e. The zero-order valence-corrected chi connectivity index (χ0v) is 23.7. The second-order valence-electron chi connectivity index (χ2n) is 10.0. The van der Waals surface area contributed by atoms with E-state index in [1.54, 1.807) is 27.7 Å². The number of carbonyl (C=O) groups excluding carboxylic acids is 5. The van der Waals surface area contributed by atoms with Crippen LogP contribution in [-0.2, 0) is 33.6 Å². The average Bonchev–Trinajstić information content (AvgIpc) is 2.87. The number of carboxylic acids is 2. The molecule has 0 aromatic carbocycles. The van der Waals surface area contributed by atoms with Crippen molar-refractivity contribution >= 4 is 41.5 Å². The van der Waals surface area contributed by atoms with Gasteiger partial charge in [-0.25, -0.2) is 4.79 Å². The summed E-state index contributed by atoms with van der Waals surface area (Å²) in [7, 11) is 0. The number of rotatable bonds is 18. The van der Waals surface area contributed by atoms with E-state index in [-0.39, 0.29) is 12.5 Å². The maximum atomic E-state index is 13.1. The van der Waals surface area contributed by atoms with Crippen molar-refractivity contribution in [2.75, 3.05) is 13.2 Å². The standard InChI is InChI=1S/C24H42N6O11/c1-10(2)17(28-15(33)8-25)21(37)29-18(11(3)4)22(38)30-19(12(5)32)23(39)27-14(9-31)20(36)26-13(24(40)41)6-7-16(34)35/h10-14,17-19,31-32H,6-9,25H2,1-5H3,(H,26,36)(H,27,39)(H,28,33)(H,29,37)(H,30,38)(H,34,35)(H,40,41)/t12-,13+,14+,17+,18+,19+/m1/s1. The molecule has 0 aromatic rings. The van der Waals surface area contributed by atoms with Gasteiger partial charge in [0.2, 0.25) is 29.5 Å². The number of carbonyl (C=O) groups is 7. The molecular formula is C24H42N6O11. The Morgan fingerprint density at radius 3 is 1.49 bits per heavy atom. The third-order valence-corrected chi connectivity index (χ3v) is 5.84. The molecule has 41 heavy (non-hydrogen) atoms. The second-order valence-corrected chi connectivity index (χ2v) is 10.0. The van der Waals surface area contributed by atoms with Gasteiger partial charge in [-0.1, -0.05) is 27.7 Å². The van der Waals surface area contributed by atoms with Crippen molar-refractivity contribution in [2.45, 2.75) is 83.8 Å². The van der Waals surface area contributed by atoms with Crippen molar-refractivity contribution < 1.29 is 54.0 Å². The summed E-state index contributed by atoms with van der Waals surface area (Å²) in [6.07, 6.45) is -2.57. The molecule has 0 rings (SSSR count). The minimum absolute atomic E-state index is 0.359. The van der Waals surface area contributed by atoms with Crippen LogP contribution in [0, 0.1) is 11.8 Å². The molecule has 0 heterocycles. The monoisotopic (exact) mass is 590 g/mol. The first-order chi connectivity index (χ1) is 19.0. The number of carboxylic acid groups (broad SMARTS) is 2. The molecule has 0 radical (unpaired) electrons. The molecule has 0 bridgehead atoms. The molecule has 0 fully saturated rings. The number of nitrogens with one attached hydrogen (secondary N) is 5. The Morgan fingerprint density at radius 2 is 1.10 bits per heavy atom. The maximum absolute atomic E-state index is 13.1. The largest absolute Gasteiger partial charge is 0.481 e. The van der Waals surface area contributed by atoms with Crippen molar-refractivity contribution in [1.29, 1.82) is 0 Å². The lowest BCUT2D eigenvalue weighted by Gasteiger charge is -2.29. The highest BCUT2D eigenvalue weighted by Gasteiger charge is 2.35. The molecule has 0 aliphatic heterocycles. The van der Waals surface area contributed by atoms with Crippen molar-refractivity contribution in [3.8, 4) is 0 Å². The van der Waals surface area contributed by atoms with Crippen molar-refractivity contribution in [3.63, 3.8) is 0 Å². The lowest BCUT2D eigenvalue weighted by molar-refractivity contribution is -0.143. The first-order valence-corrected chi connectivity index (χ1v) is 12.9. The summed E-state index contributed by atoms with van der Waals surface area (Å²) in [5.74, 6) is -8.18. The Labute approximate surface area is 237 Å². The Kier molecular flexibility index (Phi) is 16.1. The third-order valence-electron chi connectivity index (χ3n) is 5.84. The van der Waals surface area contributed by atoms with Crippen LogP contribution in [-0.4, -0.2) is 111 Å². The number of aliphatic hydroxyl groups excluding tert-OH is 2.